The first-order valence-electron chi connectivity index (χ1n) is 17.3. The Kier molecular flexibility index (Phi) is 9.07. The highest BCUT2D eigenvalue weighted by atomic mass is 79.9. The van der Waals surface area contributed by atoms with Gasteiger partial charge in [-0.05, 0) is 92.3 Å². The van der Waals surface area contributed by atoms with Crippen LogP contribution in [0.15, 0.2) is 103 Å². The molecule has 52 heavy (non-hydrogen) atoms. The van der Waals surface area contributed by atoms with Crippen molar-refractivity contribution in [1.82, 2.24) is 4.98 Å². The molecule has 1 aromatic heterocycles. The standard InChI is InChI=1S/C42H34Br2N2O6/c1-22-8-17-33-29(18-22)30(42(50)52-23(2)39(47)26-11-15-28(16-12-26)51-21-24-6-4-3-5-7-24)20-34(45-33)25-9-13-27(14-10-25)46-40(48)35-31-19-32(36(35)41(46)49)38(44)37(31)43/h3-18,20,23,31-32,35-38H,19,21H2,1-2H3. The Balaban J connectivity index is 1.00. The molecule has 262 valence electrons. The predicted molar refractivity (Wildman–Crippen MR) is 205 cm³/mol. The number of anilines is 1. The number of pyridine rings is 1. The number of rotatable bonds is 9. The van der Waals surface area contributed by atoms with Crippen molar-refractivity contribution in [3.8, 4) is 17.0 Å². The number of ketones is 1. The molecule has 2 heterocycles. The molecule has 8 nitrogen and oxygen atoms in total. The normalized spacial score (nSPS) is 23.9. The van der Waals surface area contributed by atoms with E-state index in [0.29, 0.717) is 45.8 Å². The Morgan fingerprint density at radius 3 is 2.15 bits per heavy atom. The van der Waals surface area contributed by atoms with Crippen LogP contribution in [-0.4, -0.2) is 44.3 Å². The highest BCUT2D eigenvalue weighted by molar-refractivity contribution is 9.12. The molecule has 2 aliphatic carbocycles. The number of nitrogens with zero attached hydrogens (tertiary/aromatic N) is 2. The third-order valence-electron chi connectivity index (χ3n) is 10.6. The van der Waals surface area contributed by atoms with E-state index in [1.165, 1.54) is 4.90 Å². The highest BCUT2D eigenvalue weighted by Gasteiger charge is 2.66. The molecule has 8 rings (SSSR count). The van der Waals surface area contributed by atoms with Crippen LogP contribution in [0, 0.1) is 30.6 Å². The lowest BCUT2D eigenvalue weighted by Gasteiger charge is -2.28. The van der Waals surface area contributed by atoms with E-state index in [4.69, 9.17) is 14.5 Å². The minimum Gasteiger partial charge on any atom is -0.489 e. The molecule has 1 saturated heterocycles. The monoisotopic (exact) mass is 820 g/mol. The number of aryl methyl sites for hydroxylation is 1. The Labute approximate surface area is 317 Å². The number of benzene rings is 4. The molecule has 2 bridgehead atoms. The number of hydrogen-bond acceptors (Lipinski definition) is 7. The van der Waals surface area contributed by atoms with E-state index in [-0.39, 0.29) is 56.5 Å². The van der Waals surface area contributed by atoms with Gasteiger partial charge in [0.2, 0.25) is 17.6 Å². The molecule has 0 spiro atoms. The topological polar surface area (TPSA) is 103 Å². The van der Waals surface area contributed by atoms with Gasteiger partial charge in [-0.1, -0.05) is 86.0 Å². The summed E-state index contributed by atoms with van der Waals surface area (Å²) in [6.45, 7) is 3.89. The molecule has 10 heteroatoms. The van der Waals surface area contributed by atoms with Crippen molar-refractivity contribution in [3.63, 3.8) is 0 Å². The van der Waals surface area contributed by atoms with Crippen LogP contribution in [0.1, 0.15) is 45.2 Å². The van der Waals surface area contributed by atoms with Crippen LogP contribution < -0.4 is 9.64 Å². The number of amides is 2. The molecule has 4 aromatic carbocycles. The van der Waals surface area contributed by atoms with Gasteiger partial charge in [-0.25, -0.2) is 9.78 Å². The fourth-order valence-electron chi connectivity index (χ4n) is 8.01. The number of hydrogen-bond donors (Lipinski definition) is 0. The molecule has 2 saturated carbocycles. The Hall–Kier alpha value is -4.67. The quantitative estimate of drug-likeness (QED) is 0.0636. The zero-order valence-electron chi connectivity index (χ0n) is 28.4. The van der Waals surface area contributed by atoms with Gasteiger partial charge < -0.3 is 9.47 Å². The van der Waals surface area contributed by atoms with E-state index in [9.17, 15) is 19.2 Å². The highest BCUT2D eigenvalue weighted by Crippen LogP contribution is 2.60. The zero-order valence-corrected chi connectivity index (χ0v) is 31.5. The smallest absolute Gasteiger partial charge is 0.339 e. The first-order chi connectivity index (χ1) is 25.1. The average Bonchev–Trinajstić information content (AvgIpc) is 3.78. The second kappa shape index (κ2) is 13.7. The van der Waals surface area contributed by atoms with Crippen molar-refractivity contribution >= 4 is 72.0 Å². The fraction of sp³-hybridized carbons (Fsp3) is 0.262. The second-order valence-electron chi connectivity index (χ2n) is 13.8. The largest absolute Gasteiger partial charge is 0.489 e. The molecular weight excluding hydrogens is 788 g/mol. The van der Waals surface area contributed by atoms with Gasteiger partial charge in [0.15, 0.2) is 6.10 Å². The van der Waals surface area contributed by atoms with Crippen LogP contribution in [0.25, 0.3) is 22.2 Å². The van der Waals surface area contributed by atoms with Gasteiger partial charge in [0.25, 0.3) is 0 Å². The van der Waals surface area contributed by atoms with Gasteiger partial charge in [0.05, 0.1) is 34.3 Å². The maximum absolute atomic E-state index is 13.8. The van der Waals surface area contributed by atoms with Gasteiger partial charge in [-0.3, -0.25) is 19.3 Å². The number of imide groups is 1. The lowest BCUT2D eigenvalue weighted by Crippen LogP contribution is -2.37. The Morgan fingerprint density at radius 2 is 1.50 bits per heavy atom. The Morgan fingerprint density at radius 1 is 0.846 bits per heavy atom. The van der Waals surface area contributed by atoms with Crippen molar-refractivity contribution < 1.29 is 28.7 Å². The van der Waals surface area contributed by atoms with E-state index < -0.39 is 12.1 Å². The van der Waals surface area contributed by atoms with E-state index in [2.05, 4.69) is 31.9 Å². The molecule has 3 fully saturated rings. The molecule has 3 aliphatic rings. The zero-order chi connectivity index (χ0) is 36.3. The number of carbonyl (C=O) groups excluding carboxylic acids is 4. The summed E-state index contributed by atoms with van der Waals surface area (Å²) in [4.78, 5) is 60.8. The van der Waals surface area contributed by atoms with Gasteiger partial charge in [-0.15, -0.1) is 0 Å². The lowest BCUT2D eigenvalue weighted by molar-refractivity contribution is -0.123. The van der Waals surface area contributed by atoms with Gasteiger partial charge in [0, 0.05) is 26.2 Å². The van der Waals surface area contributed by atoms with Crippen molar-refractivity contribution in [2.45, 2.75) is 42.6 Å². The van der Waals surface area contributed by atoms with Crippen molar-refractivity contribution in [3.05, 3.63) is 125 Å². The van der Waals surface area contributed by atoms with Crippen LogP contribution in [0.5, 0.6) is 5.75 Å². The van der Waals surface area contributed by atoms with Crippen molar-refractivity contribution in [2.24, 2.45) is 23.7 Å². The van der Waals surface area contributed by atoms with Crippen LogP contribution in [0.3, 0.4) is 0 Å². The number of fused-ring (bicyclic) bond motifs is 6. The second-order valence-corrected chi connectivity index (χ2v) is 16.0. The first-order valence-corrected chi connectivity index (χ1v) is 19.1. The number of halogens is 2. The molecular formula is C42H34Br2N2O6. The van der Waals surface area contributed by atoms with Gasteiger partial charge in [-0.2, -0.15) is 0 Å². The first kappa shape index (κ1) is 34.4. The summed E-state index contributed by atoms with van der Waals surface area (Å²) in [5.41, 5.74) is 4.96. The van der Waals surface area contributed by atoms with Crippen molar-refractivity contribution in [2.75, 3.05) is 4.90 Å². The van der Waals surface area contributed by atoms with Crippen LogP contribution >= 0.6 is 31.9 Å². The third kappa shape index (κ3) is 6.05. The summed E-state index contributed by atoms with van der Waals surface area (Å²) in [5.74, 6) is -0.987. The van der Waals surface area contributed by atoms with Crippen molar-refractivity contribution in [1.29, 1.82) is 0 Å². The summed E-state index contributed by atoms with van der Waals surface area (Å²) in [7, 11) is 0. The summed E-state index contributed by atoms with van der Waals surface area (Å²) in [5, 5.41) is 0.606. The molecule has 0 N–H and O–H groups in total. The summed E-state index contributed by atoms with van der Waals surface area (Å²) < 4.78 is 11.6. The molecule has 7 unspecified atom stereocenters. The number of ether oxygens (including phenoxy) is 2. The Bertz CT molecular complexity index is 2190. The number of Topliss-reactive ketones (excluding diaryl/α,β-unsaturated/α-hetero) is 1. The third-order valence-corrected chi connectivity index (χ3v) is 13.8. The van der Waals surface area contributed by atoms with E-state index >= 15 is 0 Å². The van der Waals surface area contributed by atoms with Gasteiger partial charge >= 0.3 is 5.97 Å². The molecule has 0 radical (unpaired) electrons. The van der Waals surface area contributed by atoms with E-state index in [1.54, 1.807) is 61.5 Å². The SMILES string of the molecule is Cc1ccc2nc(-c3ccc(N4C(=O)C5C6CC(C(Br)C6Br)C5C4=O)cc3)cc(C(=O)OC(C)C(=O)c3ccc(OCc4ccccc4)cc3)c2c1. The minimum atomic E-state index is -1.05. The number of esters is 1. The molecule has 1 aliphatic heterocycles. The number of aromatic nitrogens is 1. The fourth-order valence-corrected chi connectivity index (χ4v) is 9.88. The molecule has 5 aromatic rings. The maximum atomic E-state index is 13.8. The summed E-state index contributed by atoms with van der Waals surface area (Å²) in [6, 6.07) is 31.0. The summed E-state index contributed by atoms with van der Waals surface area (Å²) in [6.07, 6.45) is -0.182. The molecule has 7 atom stereocenters. The van der Waals surface area contributed by atoms with E-state index in [0.717, 1.165) is 17.5 Å². The minimum absolute atomic E-state index is 0.132. The van der Waals surface area contributed by atoms with Crippen LogP contribution in [0.4, 0.5) is 5.69 Å². The number of carbonyl (C=O) groups is 4. The molecule has 2 amide bonds. The van der Waals surface area contributed by atoms with E-state index in [1.807, 2.05) is 55.5 Å². The van der Waals surface area contributed by atoms with Crippen LogP contribution in [-0.2, 0) is 20.9 Å². The van der Waals surface area contributed by atoms with Gasteiger partial charge in [0.1, 0.15) is 12.4 Å². The summed E-state index contributed by atoms with van der Waals surface area (Å²) >= 11 is 7.49. The predicted octanol–water partition coefficient (Wildman–Crippen LogP) is 8.50. The maximum Gasteiger partial charge on any atom is 0.339 e. The lowest BCUT2D eigenvalue weighted by atomic mass is 9.81. The number of alkyl halides is 2. The average molecular weight is 823 g/mol. The van der Waals surface area contributed by atoms with Crippen LogP contribution in [0.2, 0.25) is 0 Å².